The number of ketones is 1. The number of benzene rings is 1. The second-order valence-electron chi connectivity index (χ2n) is 10.0. The van der Waals surface area contributed by atoms with Gasteiger partial charge in [0.15, 0.2) is 5.78 Å². The summed E-state index contributed by atoms with van der Waals surface area (Å²) in [6.07, 6.45) is 15.7. The smallest absolute Gasteiger partial charge is 0.166 e. The van der Waals surface area contributed by atoms with E-state index in [1.807, 2.05) is 6.07 Å². The fraction of sp³-hybridized carbons (Fsp3) is 0.720. The summed E-state index contributed by atoms with van der Waals surface area (Å²) in [5.74, 6) is 1.33. The van der Waals surface area contributed by atoms with Gasteiger partial charge in [0.1, 0.15) is 0 Å². The van der Waals surface area contributed by atoms with Crippen LogP contribution in [0.2, 0.25) is 0 Å². The lowest BCUT2D eigenvalue weighted by Crippen LogP contribution is -2.37. The van der Waals surface area contributed by atoms with E-state index in [4.69, 9.17) is 0 Å². The van der Waals surface area contributed by atoms with E-state index in [2.05, 4.69) is 32.0 Å². The number of hydrogen-bond acceptors (Lipinski definition) is 1. The molecule has 0 N–H and O–H groups in total. The second kappa shape index (κ2) is 7.13. The van der Waals surface area contributed by atoms with Crippen LogP contribution < -0.4 is 0 Å². The molecule has 0 aliphatic heterocycles. The van der Waals surface area contributed by atoms with Crippen molar-refractivity contribution in [3.05, 3.63) is 35.4 Å². The van der Waals surface area contributed by atoms with Crippen molar-refractivity contribution in [1.82, 2.24) is 0 Å². The van der Waals surface area contributed by atoms with Crippen LogP contribution in [0.15, 0.2) is 24.3 Å². The largest absolute Gasteiger partial charge is 0.294 e. The molecule has 1 heteroatoms. The Labute approximate surface area is 160 Å². The number of rotatable bonds is 1. The van der Waals surface area contributed by atoms with Crippen LogP contribution in [0.25, 0.3) is 0 Å². The van der Waals surface area contributed by atoms with Gasteiger partial charge in [-0.15, -0.1) is 0 Å². The maximum Gasteiger partial charge on any atom is 0.166 e. The summed E-state index contributed by atoms with van der Waals surface area (Å²) in [7, 11) is 0. The van der Waals surface area contributed by atoms with Gasteiger partial charge in [0.05, 0.1) is 0 Å². The van der Waals surface area contributed by atoms with Gasteiger partial charge >= 0.3 is 0 Å². The van der Waals surface area contributed by atoms with Crippen molar-refractivity contribution in [2.45, 2.75) is 90.9 Å². The standard InChI is InChI=1S/C25H36O/c1-24(15-7-3-4-8-16-24)25(2)17-13-20-12-11-19-9-5-6-10-21(19)23(26)22(20)14-18-25/h5-6,9-10,20,22H,3-4,7-8,11-18H2,1-2H3. The van der Waals surface area contributed by atoms with E-state index in [9.17, 15) is 4.79 Å². The molecule has 3 unspecified atom stereocenters. The lowest BCUT2D eigenvalue weighted by atomic mass is 9.58. The van der Waals surface area contributed by atoms with E-state index < -0.39 is 0 Å². The molecule has 142 valence electrons. The van der Waals surface area contributed by atoms with E-state index in [-0.39, 0.29) is 5.92 Å². The van der Waals surface area contributed by atoms with E-state index in [1.54, 1.807) is 0 Å². The molecule has 0 heterocycles. The topological polar surface area (TPSA) is 17.1 Å². The molecule has 2 fully saturated rings. The highest BCUT2D eigenvalue weighted by molar-refractivity contribution is 5.99. The van der Waals surface area contributed by atoms with Crippen molar-refractivity contribution in [2.24, 2.45) is 22.7 Å². The first-order chi connectivity index (χ1) is 12.5. The fourth-order valence-corrected chi connectivity index (χ4v) is 6.47. The number of carbonyl (C=O) groups is 1. The summed E-state index contributed by atoms with van der Waals surface area (Å²) in [4.78, 5) is 13.3. The molecule has 4 rings (SSSR count). The van der Waals surface area contributed by atoms with Crippen LogP contribution in [0.5, 0.6) is 0 Å². The minimum absolute atomic E-state index is 0.273. The van der Waals surface area contributed by atoms with Gasteiger partial charge in [-0.1, -0.05) is 63.8 Å². The molecule has 26 heavy (non-hydrogen) atoms. The molecule has 0 bridgehead atoms. The van der Waals surface area contributed by atoms with Gasteiger partial charge in [0.25, 0.3) is 0 Å². The molecule has 3 atom stereocenters. The summed E-state index contributed by atoms with van der Waals surface area (Å²) in [6.45, 7) is 5.15. The zero-order chi connectivity index (χ0) is 18.2. The second-order valence-corrected chi connectivity index (χ2v) is 10.0. The maximum absolute atomic E-state index is 13.3. The summed E-state index contributed by atoms with van der Waals surface area (Å²) < 4.78 is 0. The Bertz CT molecular complexity index is 652. The average molecular weight is 353 g/mol. The average Bonchev–Trinajstić information content (AvgIpc) is 3.03. The minimum Gasteiger partial charge on any atom is -0.294 e. The predicted molar refractivity (Wildman–Crippen MR) is 108 cm³/mol. The lowest BCUT2D eigenvalue weighted by molar-refractivity contribution is 0.0332. The number of carbonyl (C=O) groups excluding carboxylic acids is 1. The summed E-state index contributed by atoms with van der Waals surface area (Å²) >= 11 is 0. The third-order valence-electron chi connectivity index (χ3n) is 8.71. The third-order valence-corrected chi connectivity index (χ3v) is 8.71. The van der Waals surface area contributed by atoms with Gasteiger partial charge in [0.2, 0.25) is 0 Å². The van der Waals surface area contributed by atoms with Crippen LogP contribution in [0.3, 0.4) is 0 Å². The quantitative estimate of drug-likeness (QED) is 0.498. The SMILES string of the molecule is CC1(C2(C)CCC3CCc4ccccc4C(=O)C3CC2)CCCCCC1. The molecule has 1 nitrogen and oxygen atoms in total. The van der Waals surface area contributed by atoms with Gasteiger partial charge in [-0.05, 0) is 73.7 Å². The zero-order valence-electron chi connectivity index (χ0n) is 16.9. The molecule has 3 aliphatic carbocycles. The first-order valence-corrected chi connectivity index (χ1v) is 11.1. The van der Waals surface area contributed by atoms with Gasteiger partial charge in [-0.25, -0.2) is 0 Å². The Hall–Kier alpha value is -1.11. The Balaban J connectivity index is 1.58. The van der Waals surface area contributed by atoms with Gasteiger partial charge in [-0.2, -0.15) is 0 Å². The Morgan fingerprint density at radius 3 is 2.23 bits per heavy atom. The van der Waals surface area contributed by atoms with Crippen molar-refractivity contribution < 1.29 is 4.79 Å². The molecular weight excluding hydrogens is 316 g/mol. The molecule has 1 aromatic rings. The number of aryl methyl sites for hydroxylation is 1. The first kappa shape index (κ1) is 18.3. The van der Waals surface area contributed by atoms with Crippen molar-refractivity contribution in [2.75, 3.05) is 0 Å². The molecule has 0 spiro atoms. The molecule has 0 aromatic heterocycles. The Kier molecular flexibility index (Phi) is 5.01. The van der Waals surface area contributed by atoms with E-state index >= 15 is 0 Å². The van der Waals surface area contributed by atoms with Crippen molar-refractivity contribution >= 4 is 5.78 Å². The summed E-state index contributed by atoms with van der Waals surface area (Å²) in [6, 6.07) is 8.40. The van der Waals surface area contributed by atoms with Crippen LogP contribution in [0.4, 0.5) is 0 Å². The van der Waals surface area contributed by atoms with E-state index in [0.29, 0.717) is 22.5 Å². The Morgan fingerprint density at radius 2 is 1.46 bits per heavy atom. The molecular formula is C25H36O. The summed E-state index contributed by atoms with van der Waals surface area (Å²) in [5.41, 5.74) is 3.23. The third kappa shape index (κ3) is 3.16. The molecule has 0 amide bonds. The van der Waals surface area contributed by atoms with Crippen LogP contribution in [0.1, 0.15) is 100 Å². The first-order valence-electron chi connectivity index (χ1n) is 11.1. The highest BCUT2D eigenvalue weighted by Crippen LogP contribution is 2.57. The van der Waals surface area contributed by atoms with Crippen LogP contribution in [0, 0.1) is 22.7 Å². The van der Waals surface area contributed by atoms with Crippen molar-refractivity contribution in [1.29, 1.82) is 0 Å². The molecule has 2 saturated carbocycles. The number of fused-ring (bicyclic) bond motifs is 2. The van der Waals surface area contributed by atoms with Crippen molar-refractivity contribution in [3.8, 4) is 0 Å². The normalized spacial score (nSPS) is 34.8. The zero-order valence-corrected chi connectivity index (χ0v) is 16.9. The van der Waals surface area contributed by atoms with Gasteiger partial charge in [0, 0.05) is 11.5 Å². The van der Waals surface area contributed by atoms with Crippen LogP contribution in [-0.2, 0) is 6.42 Å². The fourth-order valence-electron chi connectivity index (χ4n) is 6.47. The lowest BCUT2D eigenvalue weighted by Gasteiger charge is -2.47. The highest BCUT2D eigenvalue weighted by Gasteiger charge is 2.47. The monoisotopic (exact) mass is 352 g/mol. The Morgan fingerprint density at radius 1 is 0.808 bits per heavy atom. The van der Waals surface area contributed by atoms with Crippen LogP contribution in [-0.4, -0.2) is 5.78 Å². The van der Waals surface area contributed by atoms with Crippen molar-refractivity contribution in [3.63, 3.8) is 0 Å². The minimum atomic E-state index is 0.273. The highest BCUT2D eigenvalue weighted by atomic mass is 16.1. The number of hydrogen-bond donors (Lipinski definition) is 0. The molecule has 0 radical (unpaired) electrons. The predicted octanol–water partition coefficient (Wildman–Crippen LogP) is 6.99. The molecule has 0 saturated heterocycles. The number of Topliss-reactive ketones (excluding diaryl/α,β-unsaturated/α-hetero) is 1. The van der Waals surface area contributed by atoms with E-state index in [0.717, 1.165) is 18.4 Å². The van der Waals surface area contributed by atoms with Gasteiger partial charge < -0.3 is 0 Å². The summed E-state index contributed by atoms with van der Waals surface area (Å²) in [5, 5.41) is 0. The van der Waals surface area contributed by atoms with E-state index in [1.165, 1.54) is 69.8 Å². The van der Waals surface area contributed by atoms with Gasteiger partial charge in [-0.3, -0.25) is 4.79 Å². The maximum atomic E-state index is 13.3. The van der Waals surface area contributed by atoms with Crippen LogP contribution >= 0.6 is 0 Å². The molecule has 1 aromatic carbocycles. The molecule has 3 aliphatic rings.